The number of aliphatic hydroxyl groups is 2. The van der Waals surface area contributed by atoms with Crippen LogP contribution in [0.3, 0.4) is 0 Å². The van der Waals surface area contributed by atoms with Crippen LogP contribution in [-0.4, -0.2) is 27.5 Å². The molecular formula is C18H18FNO2. The van der Waals surface area contributed by atoms with Gasteiger partial charge in [0, 0.05) is 11.6 Å². The summed E-state index contributed by atoms with van der Waals surface area (Å²) in [5.74, 6) is -0.336. The molecule has 0 radical (unpaired) electrons. The molecule has 3 rings (SSSR count). The molecule has 0 saturated carbocycles. The van der Waals surface area contributed by atoms with Crippen LogP contribution in [0.15, 0.2) is 54.7 Å². The third-order valence-electron chi connectivity index (χ3n) is 3.99. The molecule has 3 nitrogen and oxygen atoms in total. The third kappa shape index (κ3) is 2.40. The summed E-state index contributed by atoms with van der Waals surface area (Å²) in [6.07, 6.45) is 0.807. The predicted molar refractivity (Wildman–Crippen MR) is 84.3 cm³/mol. The number of aliphatic hydroxyl groups excluding tert-OH is 2. The van der Waals surface area contributed by atoms with Crippen molar-refractivity contribution >= 4 is 10.9 Å². The summed E-state index contributed by atoms with van der Waals surface area (Å²) in [6, 6.07) is 13.7. The second-order valence-corrected chi connectivity index (χ2v) is 5.46. The maximum absolute atomic E-state index is 14.3. The monoisotopic (exact) mass is 299 g/mol. The van der Waals surface area contributed by atoms with E-state index in [2.05, 4.69) is 0 Å². The summed E-state index contributed by atoms with van der Waals surface area (Å²) in [6.45, 7) is 1.51. The lowest BCUT2D eigenvalue weighted by Gasteiger charge is -2.25. The summed E-state index contributed by atoms with van der Waals surface area (Å²) in [5.41, 5.74) is 2.20. The number of halogens is 1. The van der Waals surface area contributed by atoms with E-state index in [1.54, 1.807) is 10.6 Å². The highest BCUT2D eigenvalue weighted by Crippen LogP contribution is 2.31. The molecule has 0 aliphatic carbocycles. The van der Waals surface area contributed by atoms with E-state index in [4.69, 9.17) is 0 Å². The number of benzene rings is 2. The number of para-hydroxylation sites is 1. The van der Waals surface area contributed by atoms with Crippen molar-refractivity contribution in [1.29, 1.82) is 0 Å². The van der Waals surface area contributed by atoms with Gasteiger partial charge >= 0.3 is 0 Å². The first-order valence-corrected chi connectivity index (χ1v) is 7.23. The first-order chi connectivity index (χ1) is 10.6. The molecule has 2 N–H and O–H groups in total. The molecule has 1 heterocycles. The second kappa shape index (κ2) is 5.91. The molecule has 1 aromatic heterocycles. The average molecular weight is 299 g/mol. The minimum atomic E-state index is -1.02. The van der Waals surface area contributed by atoms with Gasteiger partial charge in [0.1, 0.15) is 11.9 Å². The van der Waals surface area contributed by atoms with Crippen molar-refractivity contribution < 1.29 is 14.6 Å². The van der Waals surface area contributed by atoms with Crippen LogP contribution in [-0.2, 0) is 0 Å². The van der Waals surface area contributed by atoms with E-state index in [9.17, 15) is 14.6 Å². The summed E-state index contributed by atoms with van der Waals surface area (Å²) in [7, 11) is 0. The Hall–Kier alpha value is -2.17. The Morgan fingerprint density at radius 3 is 2.50 bits per heavy atom. The summed E-state index contributed by atoms with van der Waals surface area (Å²) >= 11 is 0. The molecule has 4 heteroatoms. The van der Waals surface area contributed by atoms with Gasteiger partial charge in [-0.05, 0) is 24.1 Å². The third-order valence-corrected chi connectivity index (χ3v) is 3.99. The first-order valence-electron chi connectivity index (χ1n) is 7.23. The van der Waals surface area contributed by atoms with Crippen LogP contribution in [0, 0.1) is 12.7 Å². The SMILES string of the molecule is Cc1cn(C(c2ccccc2)C(O)CO)c2c(F)cccc12. The van der Waals surface area contributed by atoms with Gasteiger partial charge in [-0.3, -0.25) is 0 Å². The highest BCUT2D eigenvalue weighted by molar-refractivity contribution is 5.84. The Morgan fingerprint density at radius 2 is 1.82 bits per heavy atom. The fourth-order valence-corrected chi connectivity index (χ4v) is 2.98. The first kappa shape index (κ1) is 14.8. The Kier molecular flexibility index (Phi) is 3.96. The number of aryl methyl sites for hydroxylation is 1. The molecule has 2 aromatic carbocycles. The molecule has 0 aliphatic heterocycles. The van der Waals surface area contributed by atoms with Crippen molar-refractivity contribution in [3.8, 4) is 0 Å². The van der Waals surface area contributed by atoms with Gasteiger partial charge in [-0.15, -0.1) is 0 Å². The van der Waals surface area contributed by atoms with Crippen LogP contribution in [0.25, 0.3) is 10.9 Å². The van der Waals surface area contributed by atoms with Crippen LogP contribution >= 0.6 is 0 Å². The zero-order chi connectivity index (χ0) is 15.7. The molecule has 0 amide bonds. The van der Waals surface area contributed by atoms with Crippen LogP contribution in [0.5, 0.6) is 0 Å². The van der Waals surface area contributed by atoms with Gasteiger partial charge in [0.15, 0.2) is 0 Å². The van der Waals surface area contributed by atoms with E-state index in [0.29, 0.717) is 5.52 Å². The number of hydrogen-bond donors (Lipinski definition) is 2. The van der Waals surface area contributed by atoms with Crippen LogP contribution in [0.2, 0.25) is 0 Å². The molecule has 0 saturated heterocycles. The largest absolute Gasteiger partial charge is 0.394 e. The Balaban J connectivity index is 2.25. The molecular weight excluding hydrogens is 281 g/mol. The van der Waals surface area contributed by atoms with Crippen molar-refractivity contribution in [2.24, 2.45) is 0 Å². The zero-order valence-corrected chi connectivity index (χ0v) is 12.3. The fraction of sp³-hybridized carbons (Fsp3) is 0.222. The second-order valence-electron chi connectivity index (χ2n) is 5.46. The van der Waals surface area contributed by atoms with Crippen LogP contribution < -0.4 is 0 Å². The van der Waals surface area contributed by atoms with Gasteiger partial charge in [-0.2, -0.15) is 0 Å². The topological polar surface area (TPSA) is 45.4 Å². The number of nitrogens with zero attached hydrogens (tertiary/aromatic N) is 1. The van der Waals surface area contributed by atoms with Crippen molar-refractivity contribution in [3.05, 3.63) is 71.7 Å². The average Bonchev–Trinajstić information content (AvgIpc) is 2.87. The zero-order valence-electron chi connectivity index (χ0n) is 12.3. The van der Waals surface area contributed by atoms with E-state index < -0.39 is 18.8 Å². The molecule has 0 fully saturated rings. The van der Waals surface area contributed by atoms with Crippen LogP contribution in [0.4, 0.5) is 4.39 Å². The minimum Gasteiger partial charge on any atom is -0.394 e. The summed E-state index contributed by atoms with van der Waals surface area (Å²) in [5, 5.41) is 20.5. The maximum Gasteiger partial charge on any atom is 0.147 e. The molecule has 114 valence electrons. The summed E-state index contributed by atoms with van der Waals surface area (Å²) < 4.78 is 16.1. The smallest absolute Gasteiger partial charge is 0.147 e. The van der Waals surface area contributed by atoms with Crippen molar-refractivity contribution in [2.45, 2.75) is 19.1 Å². The standard InChI is InChI=1S/C18H18FNO2/c1-12-10-20(18-14(12)8-5-9-15(18)19)17(16(22)11-21)13-6-3-2-4-7-13/h2-10,16-17,21-22H,11H2,1H3. The normalized spacial score (nSPS) is 14.2. The molecule has 0 aliphatic rings. The number of aromatic nitrogens is 1. The van der Waals surface area contributed by atoms with E-state index in [1.807, 2.05) is 49.5 Å². The molecule has 2 atom stereocenters. The molecule has 22 heavy (non-hydrogen) atoms. The van der Waals surface area contributed by atoms with Gasteiger partial charge in [0.05, 0.1) is 18.2 Å². The minimum absolute atomic E-state index is 0.336. The highest BCUT2D eigenvalue weighted by Gasteiger charge is 2.25. The van der Waals surface area contributed by atoms with Gasteiger partial charge in [-0.25, -0.2) is 4.39 Å². The lowest BCUT2D eigenvalue weighted by molar-refractivity contribution is 0.0652. The molecule has 2 unspecified atom stereocenters. The molecule has 0 bridgehead atoms. The molecule has 3 aromatic rings. The summed E-state index contributed by atoms with van der Waals surface area (Å²) in [4.78, 5) is 0. The maximum atomic E-state index is 14.3. The van der Waals surface area contributed by atoms with Crippen molar-refractivity contribution in [1.82, 2.24) is 4.57 Å². The quantitative estimate of drug-likeness (QED) is 0.778. The van der Waals surface area contributed by atoms with E-state index in [1.165, 1.54) is 6.07 Å². The van der Waals surface area contributed by atoms with E-state index in [0.717, 1.165) is 16.5 Å². The lowest BCUT2D eigenvalue weighted by Crippen LogP contribution is -2.28. The Bertz CT molecular complexity index is 782. The molecule has 0 spiro atoms. The number of rotatable bonds is 4. The van der Waals surface area contributed by atoms with Gasteiger partial charge in [0.2, 0.25) is 0 Å². The Labute approximate surface area is 128 Å². The predicted octanol–water partition coefficient (Wildman–Crippen LogP) is 3.03. The van der Waals surface area contributed by atoms with Crippen LogP contribution in [0.1, 0.15) is 17.2 Å². The van der Waals surface area contributed by atoms with Crippen molar-refractivity contribution in [2.75, 3.05) is 6.61 Å². The van der Waals surface area contributed by atoms with E-state index >= 15 is 0 Å². The van der Waals surface area contributed by atoms with E-state index in [-0.39, 0.29) is 5.82 Å². The van der Waals surface area contributed by atoms with Gasteiger partial charge in [-0.1, -0.05) is 42.5 Å². The Morgan fingerprint density at radius 1 is 1.09 bits per heavy atom. The van der Waals surface area contributed by atoms with Crippen molar-refractivity contribution in [3.63, 3.8) is 0 Å². The van der Waals surface area contributed by atoms with Gasteiger partial charge < -0.3 is 14.8 Å². The number of fused-ring (bicyclic) bond motifs is 1. The number of hydrogen-bond acceptors (Lipinski definition) is 2. The lowest BCUT2D eigenvalue weighted by atomic mass is 10.0. The highest BCUT2D eigenvalue weighted by atomic mass is 19.1. The van der Waals surface area contributed by atoms with Gasteiger partial charge in [0.25, 0.3) is 0 Å². The fourth-order valence-electron chi connectivity index (χ4n) is 2.98.